The highest BCUT2D eigenvalue weighted by molar-refractivity contribution is 9.10. The van der Waals surface area contributed by atoms with Crippen LogP contribution in [0.1, 0.15) is 19.4 Å². The van der Waals surface area contributed by atoms with Gasteiger partial charge in [0.2, 0.25) is 0 Å². The van der Waals surface area contributed by atoms with Gasteiger partial charge in [-0.15, -0.1) is 0 Å². The predicted molar refractivity (Wildman–Crippen MR) is 62.4 cm³/mol. The number of nitriles is 1. The first-order valence-corrected chi connectivity index (χ1v) is 5.58. The molecule has 2 nitrogen and oxygen atoms in total. The maximum Gasteiger partial charge on any atom is 0.161 e. The van der Waals surface area contributed by atoms with Crippen molar-refractivity contribution in [2.45, 2.75) is 13.8 Å². The largest absolute Gasteiger partial charge is 0.370 e. The Morgan fingerprint density at radius 3 is 2.47 bits per heavy atom. The minimum atomic E-state index is -0.363. The van der Waals surface area contributed by atoms with E-state index in [4.69, 9.17) is 5.26 Å². The molecule has 1 rings (SSSR count). The Hall–Kier alpha value is -1.08. The molecule has 0 saturated carbocycles. The number of halogens is 2. The van der Waals surface area contributed by atoms with Crippen LogP contribution < -0.4 is 4.90 Å². The monoisotopic (exact) mass is 270 g/mol. The Kier molecular flexibility index (Phi) is 4.10. The van der Waals surface area contributed by atoms with E-state index in [1.807, 2.05) is 24.8 Å². The fourth-order valence-electron chi connectivity index (χ4n) is 1.43. The van der Waals surface area contributed by atoms with E-state index in [2.05, 4.69) is 15.9 Å². The smallest absolute Gasteiger partial charge is 0.161 e. The van der Waals surface area contributed by atoms with Gasteiger partial charge < -0.3 is 4.90 Å². The van der Waals surface area contributed by atoms with Crippen LogP contribution in [0.2, 0.25) is 0 Å². The summed E-state index contributed by atoms with van der Waals surface area (Å²) in [7, 11) is 0. The number of benzene rings is 1. The molecule has 0 radical (unpaired) electrons. The minimum Gasteiger partial charge on any atom is -0.370 e. The first kappa shape index (κ1) is 12.0. The maximum absolute atomic E-state index is 13.8. The van der Waals surface area contributed by atoms with Crippen LogP contribution in [0.5, 0.6) is 0 Å². The lowest BCUT2D eigenvalue weighted by molar-refractivity contribution is 0.613. The second-order valence-corrected chi connectivity index (χ2v) is 3.84. The summed E-state index contributed by atoms with van der Waals surface area (Å²) < 4.78 is 14.1. The molecule has 0 atom stereocenters. The van der Waals surface area contributed by atoms with Gasteiger partial charge in [0.15, 0.2) is 5.82 Å². The van der Waals surface area contributed by atoms with Gasteiger partial charge >= 0.3 is 0 Å². The highest BCUT2D eigenvalue weighted by atomic mass is 79.9. The molecule has 0 spiro atoms. The van der Waals surface area contributed by atoms with E-state index < -0.39 is 0 Å². The van der Waals surface area contributed by atoms with E-state index in [-0.39, 0.29) is 10.3 Å². The molecule has 0 aliphatic carbocycles. The minimum absolute atomic E-state index is 0.245. The van der Waals surface area contributed by atoms with Crippen molar-refractivity contribution >= 4 is 21.6 Å². The lowest BCUT2D eigenvalue weighted by atomic mass is 10.2. The quantitative estimate of drug-likeness (QED) is 0.843. The van der Waals surface area contributed by atoms with Crippen molar-refractivity contribution in [3.63, 3.8) is 0 Å². The lowest BCUT2D eigenvalue weighted by Crippen LogP contribution is -2.23. The Morgan fingerprint density at radius 1 is 1.40 bits per heavy atom. The van der Waals surface area contributed by atoms with Gasteiger partial charge in [0.25, 0.3) is 0 Å². The normalized spacial score (nSPS) is 9.80. The standard InChI is InChI=1S/C11H12BrFN2/c1-3-15(4-2)9-6-5-8(7-14)10(12)11(9)13/h5-6H,3-4H2,1-2H3. The molecular weight excluding hydrogens is 259 g/mol. The van der Waals surface area contributed by atoms with Gasteiger partial charge in [0.05, 0.1) is 15.7 Å². The van der Waals surface area contributed by atoms with Crippen molar-refractivity contribution in [2.24, 2.45) is 0 Å². The predicted octanol–water partition coefficient (Wildman–Crippen LogP) is 3.31. The van der Waals surface area contributed by atoms with Crippen molar-refractivity contribution in [2.75, 3.05) is 18.0 Å². The molecule has 1 aromatic rings. The van der Waals surface area contributed by atoms with Crippen LogP contribution in [-0.4, -0.2) is 13.1 Å². The van der Waals surface area contributed by atoms with E-state index in [9.17, 15) is 4.39 Å². The van der Waals surface area contributed by atoms with Crippen molar-refractivity contribution in [3.8, 4) is 6.07 Å². The molecule has 0 aliphatic heterocycles. The molecule has 0 aliphatic rings. The summed E-state index contributed by atoms with van der Waals surface area (Å²) in [6, 6.07) is 5.20. The molecule has 80 valence electrons. The molecular formula is C11H12BrFN2. The van der Waals surface area contributed by atoms with Gasteiger partial charge in [-0.2, -0.15) is 5.26 Å². The van der Waals surface area contributed by atoms with Crippen LogP contribution in [0.3, 0.4) is 0 Å². The highest BCUT2D eigenvalue weighted by Gasteiger charge is 2.14. The first-order valence-electron chi connectivity index (χ1n) is 4.78. The fourth-order valence-corrected chi connectivity index (χ4v) is 1.86. The average molecular weight is 271 g/mol. The molecule has 4 heteroatoms. The van der Waals surface area contributed by atoms with Gasteiger partial charge in [-0.3, -0.25) is 0 Å². The number of nitrogens with zero attached hydrogens (tertiary/aromatic N) is 2. The van der Waals surface area contributed by atoms with Crippen LogP contribution in [-0.2, 0) is 0 Å². The van der Waals surface area contributed by atoms with Crippen molar-refractivity contribution in [1.29, 1.82) is 5.26 Å². The first-order chi connectivity index (χ1) is 7.15. The summed E-state index contributed by atoms with van der Waals surface area (Å²) in [5.74, 6) is -0.363. The molecule has 0 saturated heterocycles. The molecule has 0 N–H and O–H groups in total. The Bertz CT molecular complexity index is 394. The summed E-state index contributed by atoms with van der Waals surface area (Å²) >= 11 is 3.09. The zero-order valence-electron chi connectivity index (χ0n) is 8.72. The molecule has 0 amide bonds. The maximum atomic E-state index is 13.8. The van der Waals surface area contributed by atoms with E-state index in [1.165, 1.54) is 0 Å². The third-order valence-electron chi connectivity index (χ3n) is 2.29. The van der Waals surface area contributed by atoms with Gasteiger partial charge in [0, 0.05) is 13.1 Å². The Balaban J connectivity index is 3.23. The van der Waals surface area contributed by atoms with Crippen molar-refractivity contribution in [3.05, 3.63) is 28.0 Å². The summed E-state index contributed by atoms with van der Waals surface area (Å²) in [5.41, 5.74) is 0.856. The molecule has 1 aromatic carbocycles. The summed E-state index contributed by atoms with van der Waals surface area (Å²) in [6.45, 7) is 5.42. The van der Waals surface area contributed by atoms with Gasteiger partial charge in [-0.25, -0.2) is 4.39 Å². The number of hydrogen-bond donors (Lipinski definition) is 0. The number of anilines is 1. The van der Waals surface area contributed by atoms with Crippen LogP contribution in [0.15, 0.2) is 16.6 Å². The van der Waals surface area contributed by atoms with E-state index >= 15 is 0 Å². The summed E-state index contributed by atoms with van der Waals surface area (Å²) in [5, 5.41) is 8.73. The second kappa shape index (κ2) is 5.13. The third kappa shape index (κ3) is 2.29. The average Bonchev–Trinajstić information content (AvgIpc) is 2.26. The van der Waals surface area contributed by atoms with Gasteiger partial charge in [-0.05, 0) is 41.9 Å². The van der Waals surface area contributed by atoms with Crippen LogP contribution in [0, 0.1) is 17.1 Å². The van der Waals surface area contributed by atoms with Crippen molar-refractivity contribution < 1.29 is 4.39 Å². The molecule has 0 aromatic heterocycles. The molecule has 0 heterocycles. The zero-order valence-corrected chi connectivity index (χ0v) is 10.3. The summed E-state index contributed by atoms with van der Waals surface area (Å²) in [6.07, 6.45) is 0. The lowest BCUT2D eigenvalue weighted by Gasteiger charge is -2.22. The Labute approximate surface area is 97.4 Å². The van der Waals surface area contributed by atoms with Crippen LogP contribution >= 0.6 is 15.9 Å². The van der Waals surface area contributed by atoms with Gasteiger partial charge in [-0.1, -0.05) is 0 Å². The Morgan fingerprint density at radius 2 is 2.00 bits per heavy atom. The molecule has 0 fully saturated rings. The number of rotatable bonds is 3. The molecule has 0 unspecified atom stereocenters. The fraction of sp³-hybridized carbons (Fsp3) is 0.364. The highest BCUT2D eigenvalue weighted by Crippen LogP contribution is 2.28. The summed E-state index contributed by atoms with van der Waals surface area (Å²) in [4.78, 5) is 1.90. The third-order valence-corrected chi connectivity index (χ3v) is 3.06. The van der Waals surface area contributed by atoms with Crippen LogP contribution in [0.4, 0.5) is 10.1 Å². The molecule has 0 bridgehead atoms. The van der Waals surface area contributed by atoms with E-state index in [0.717, 1.165) is 13.1 Å². The SMILES string of the molecule is CCN(CC)c1ccc(C#N)c(Br)c1F. The van der Waals surface area contributed by atoms with Gasteiger partial charge in [0.1, 0.15) is 6.07 Å². The topological polar surface area (TPSA) is 27.0 Å². The van der Waals surface area contributed by atoms with Crippen molar-refractivity contribution in [1.82, 2.24) is 0 Å². The zero-order chi connectivity index (χ0) is 11.4. The molecule has 15 heavy (non-hydrogen) atoms. The second-order valence-electron chi connectivity index (χ2n) is 3.04. The van der Waals surface area contributed by atoms with E-state index in [1.54, 1.807) is 12.1 Å². The van der Waals surface area contributed by atoms with E-state index in [0.29, 0.717) is 11.3 Å². The number of hydrogen-bond acceptors (Lipinski definition) is 2. The van der Waals surface area contributed by atoms with Crippen LogP contribution in [0.25, 0.3) is 0 Å².